The first-order valence-corrected chi connectivity index (χ1v) is 6.98. The van der Waals surface area contributed by atoms with Crippen LogP contribution in [0.5, 0.6) is 0 Å². The second kappa shape index (κ2) is 4.93. The number of hydrogen-bond acceptors (Lipinski definition) is 3. The van der Waals surface area contributed by atoms with E-state index in [-0.39, 0.29) is 18.3 Å². The highest BCUT2D eigenvalue weighted by atomic mass is 16.7. The van der Waals surface area contributed by atoms with Crippen molar-refractivity contribution in [1.82, 2.24) is 0 Å². The average molecular weight is 261 g/mol. The standard InChI is InChI=1S/C15H24BNO2/c1-6-15(5)14(3,4)18-16(19-15)13-8-7-12(10-17)11(2)9-13/h7-9H,6,10,17H2,1-5H3. The lowest BCUT2D eigenvalue weighted by molar-refractivity contribution is -0.0118. The zero-order chi connectivity index (χ0) is 14.3. The predicted molar refractivity (Wildman–Crippen MR) is 79.4 cm³/mol. The number of aryl methyl sites for hydroxylation is 1. The third-order valence-electron chi connectivity index (χ3n) is 4.58. The number of benzene rings is 1. The molecule has 1 aromatic carbocycles. The van der Waals surface area contributed by atoms with E-state index in [0.29, 0.717) is 6.54 Å². The molecule has 1 saturated heterocycles. The fourth-order valence-corrected chi connectivity index (χ4v) is 2.53. The first-order chi connectivity index (χ1) is 8.83. The van der Waals surface area contributed by atoms with E-state index in [0.717, 1.165) is 11.9 Å². The van der Waals surface area contributed by atoms with Crippen molar-refractivity contribution in [2.45, 2.75) is 58.8 Å². The fraction of sp³-hybridized carbons (Fsp3) is 0.600. The molecule has 0 bridgehead atoms. The topological polar surface area (TPSA) is 44.5 Å². The highest BCUT2D eigenvalue weighted by Crippen LogP contribution is 2.39. The molecular weight excluding hydrogens is 237 g/mol. The minimum atomic E-state index is -0.287. The Hall–Kier alpha value is -0.835. The van der Waals surface area contributed by atoms with Gasteiger partial charge in [-0.15, -0.1) is 0 Å². The first-order valence-electron chi connectivity index (χ1n) is 6.98. The highest BCUT2D eigenvalue weighted by Gasteiger charge is 2.53. The van der Waals surface area contributed by atoms with Crippen molar-refractivity contribution in [3.63, 3.8) is 0 Å². The van der Waals surface area contributed by atoms with Crippen molar-refractivity contribution in [1.29, 1.82) is 0 Å². The molecule has 3 nitrogen and oxygen atoms in total. The van der Waals surface area contributed by atoms with Gasteiger partial charge < -0.3 is 15.0 Å². The molecule has 1 unspecified atom stereocenters. The summed E-state index contributed by atoms with van der Waals surface area (Å²) in [6.45, 7) is 11.1. The van der Waals surface area contributed by atoms with Crippen molar-refractivity contribution in [2.24, 2.45) is 5.73 Å². The molecule has 1 atom stereocenters. The Balaban J connectivity index is 2.28. The van der Waals surface area contributed by atoms with Crippen molar-refractivity contribution in [2.75, 3.05) is 0 Å². The van der Waals surface area contributed by atoms with Crippen molar-refractivity contribution in [3.05, 3.63) is 29.3 Å². The molecular formula is C15H24BNO2. The average Bonchev–Trinajstić information content (AvgIpc) is 2.61. The third-order valence-corrected chi connectivity index (χ3v) is 4.58. The predicted octanol–water partition coefficient (Wildman–Crippen LogP) is 2.14. The molecule has 1 aliphatic rings. The van der Waals surface area contributed by atoms with Gasteiger partial charge in [0.2, 0.25) is 0 Å². The molecule has 4 heteroatoms. The molecule has 2 N–H and O–H groups in total. The summed E-state index contributed by atoms with van der Waals surface area (Å²) in [6, 6.07) is 6.23. The van der Waals surface area contributed by atoms with E-state index in [1.54, 1.807) is 0 Å². The molecule has 104 valence electrons. The van der Waals surface area contributed by atoms with E-state index in [1.807, 2.05) is 0 Å². The Morgan fingerprint density at radius 3 is 2.37 bits per heavy atom. The summed E-state index contributed by atoms with van der Waals surface area (Å²) < 4.78 is 12.3. The molecule has 1 aliphatic heterocycles. The molecule has 0 amide bonds. The van der Waals surface area contributed by atoms with Crippen LogP contribution in [0.25, 0.3) is 0 Å². The molecule has 1 aromatic rings. The summed E-state index contributed by atoms with van der Waals surface area (Å²) in [5.74, 6) is 0. The smallest absolute Gasteiger partial charge is 0.399 e. The Kier molecular flexibility index (Phi) is 3.78. The summed E-state index contributed by atoms with van der Waals surface area (Å²) in [5.41, 5.74) is 8.59. The summed E-state index contributed by atoms with van der Waals surface area (Å²) in [5, 5.41) is 0. The maximum Gasteiger partial charge on any atom is 0.494 e. The largest absolute Gasteiger partial charge is 0.494 e. The quantitative estimate of drug-likeness (QED) is 0.848. The van der Waals surface area contributed by atoms with Gasteiger partial charge in [-0.2, -0.15) is 0 Å². The van der Waals surface area contributed by atoms with E-state index >= 15 is 0 Å². The summed E-state index contributed by atoms with van der Waals surface area (Å²) in [7, 11) is -0.287. The zero-order valence-corrected chi connectivity index (χ0v) is 12.6. The maximum absolute atomic E-state index is 6.17. The van der Waals surface area contributed by atoms with E-state index in [1.165, 1.54) is 11.1 Å². The number of rotatable bonds is 3. The van der Waals surface area contributed by atoms with Gasteiger partial charge >= 0.3 is 7.12 Å². The minimum Gasteiger partial charge on any atom is -0.399 e. The molecule has 0 saturated carbocycles. The molecule has 19 heavy (non-hydrogen) atoms. The molecule has 1 heterocycles. The van der Waals surface area contributed by atoms with Crippen LogP contribution in [0.4, 0.5) is 0 Å². The summed E-state index contributed by atoms with van der Waals surface area (Å²) >= 11 is 0. The van der Waals surface area contributed by atoms with Crippen LogP contribution >= 0.6 is 0 Å². The van der Waals surface area contributed by atoms with Crippen LogP contribution in [0.3, 0.4) is 0 Å². The highest BCUT2D eigenvalue weighted by molar-refractivity contribution is 6.62. The second-order valence-electron chi connectivity index (χ2n) is 6.05. The molecule has 0 radical (unpaired) electrons. The Morgan fingerprint density at radius 2 is 1.89 bits per heavy atom. The van der Waals surface area contributed by atoms with Gasteiger partial charge in [-0.25, -0.2) is 0 Å². The number of nitrogens with two attached hydrogens (primary N) is 1. The second-order valence-corrected chi connectivity index (χ2v) is 6.05. The SMILES string of the molecule is CCC1(C)OB(c2ccc(CN)c(C)c2)OC1(C)C. The van der Waals surface area contributed by atoms with E-state index in [2.05, 4.69) is 52.8 Å². The van der Waals surface area contributed by atoms with Gasteiger partial charge in [0.05, 0.1) is 11.2 Å². The van der Waals surface area contributed by atoms with Crippen LogP contribution in [0.15, 0.2) is 18.2 Å². The van der Waals surface area contributed by atoms with Crippen LogP contribution in [0.2, 0.25) is 0 Å². The van der Waals surface area contributed by atoms with E-state index in [4.69, 9.17) is 15.0 Å². The van der Waals surface area contributed by atoms with Crippen LogP contribution in [0, 0.1) is 6.92 Å². The zero-order valence-electron chi connectivity index (χ0n) is 12.6. The lowest BCUT2D eigenvalue weighted by Gasteiger charge is -2.35. The monoisotopic (exact) mass is 261 g/mol. The molecule has 1 fully saturated rings. The first kappa shape index (κ1) is 14.6. The molecule has 0 spiro atoms. The van der Waals surface area contributed by atoms with Crippen LogP contribution < -0.4 is 11.2 Å². The maximum atomic E-state index is 6.17. The Morgan fingerprint density at radius 1 is 1.21 bits per heavy atom. The lowest BCUT2D eigenvalue weighted by Crippen LogP contribution is -2.44. The van der Waals surface area contributed by atoms with Gasteiger partial charge in [0, 0.05) is 6.54 Å². The fourth-order valence-electron chi connectivity index (χ4n) is 2.53. The van der Waals surface area contributed by atoms with Gasteiger partial charge in [-0.1, -0.05) is 25.1 Å². The van der Waals surface area contributed by atoms with Gasteiger partial charge in [0.1, 0.15) is 0 Å². The normalized spacial score (nSPS) is 25.9. The summed E-state index contributed by atoms with van der Waals surface area (Å²) in [4.78, 5) is 0. The Labute approximate surface area is 116 Å². The molecule has 2 rings (SSSR count). The van der Waals surface area contributed by atoms with E-state index < -0.39 is 0 Å². The summed E-state index contributed by atoms with van der Waals surface area (Å²) in [6.07, 6.45) is 0.927. The van der Waals surface area contributed by atoms with Crippen molar-refractivity contribution in [3.8, 4) is 0 Å². The van der Waals surface area contributed by atoms with Crippen LogP contribution in [0.1, 0.15) is 45.2 Å². The molecule has 0 aromatic heterocycles. The minimum absolute atomic E-state index is 0.252. The van der Waals surface area contributed by atoms with Gasteiger partial charge in [0.25, 0.3) is 0 Å². The third kappa shape index (κ3) is 2.45. The van der Waals surface area contributed by atoms with Gasteiger partial charge in [-0.3, -0.25) is 0 Å². The Bertz CT molecular complexity index is 475. The van der Waals surface area contributed by atoms with Crippen molar-refractivity contribution < 1.29 is 9.31 Å². The van der Waals surface area contributed by atoms with Crippen LogP contribution in [-0.4, -0.2) is 18.3 Å². The van der Waals surface area contributed by atoms with Gasteiger partial charge in [0.15, 0.2) is 0 Å². The number of hydrogen-bond donors (Lipinski definition) is 1. The van der Waals surface area contributed by atoms with Crippen molar-refractivity contribution >= 4 is 12.6 Å². The van der Waals surface area contributed by atoms with E-state index in [9.17, 15) is 0 Å². The van der Waals surface area contributed by atoms with Crippen LogP contribution in [-0.2, 0) is 15.9 Å². The van der Waals surface area contributed by atoms with Gasteiger partial charge in [-0.05, 0) is 50.7 Å². The molecule has 0 aliphatic carbocycles. The lowest BCUT2D eigenvalue weighted by atomic mass is 9.78.